The Morgan fingerprint density at radius 2 is 2.00 bits per heavy atom. The lowest BCUT2D eigenvalue weighted by Gasteiger charge is -2.19. The van der Waals surface area contributed by atoms with Crippen molar-refractivity contribution in [3.8, 4) is 0 Å². The van der Waals surface area contributed by atoms with Gasteiger partial charge in [-0.05, 0) is 19.4 Å². The molecule has 0 aromatic carbocycles. The number of likely N-dealkylation sites (N-methyl/N-ethyl adjacent to an activating group) is 1. The van der Waals surface area contributed by atoms with Crippen LogP contribution in [0.2, 0.25) is 0 Å². The lowest BCUT2D eigenvalue weighted by atomic mass is 10.4. The lowest BCUT2D eigenvalue weighted by Crippen LogP contribution is -2.41. The second kappa shape index (κ2) is 8.71. The Hall–Kier alpha value is -1.34. The molecule has 1 fully saturated rings. The molecule has 1 saturated carbocycles. The predicted molar refractivity (Wildman–Crippen MR) is 70.1 cm³/mol. The highest BCUT2D eigenvalue weighted by molar-refractivity contribution is 5.73. The fraction of sp³-hybridized carbons (Fsp3) is 0.833. The number of nitrogens with zero attached hydrogens (tertiary/aromatic N) is 1. The topological polar surface area (TPSA) is 90.9 Å². The highest BCUT2D eigenvalue weighted by Gasteiger charge is 2.27. The molecule has 7 heteroatoms. The van der Waals surface area contributed by atoms with Gasteiger partial charge in [-0.1, -0.05) is 6.92 Å². The van der Waals surface area contributed by atoms with E-state index in [-0.39, 0.29) is 19.2 Å². The minimum absolute atomic E-state index is 0.197. The molecule has 0 bridgehead atoms. The molecule has 1 aliphatic rings. The van der Waals surface area contributed by atoms with E-state index in [1.54, 1.807) is 0 Å². The molecule has 110 valence electrons. The number of nitrogens with one attached hydrogen (secondary N) is 2. The molecular formula is C12H23N3O4. The van der Waals surface area contributed by atoms with Gasteiger partial charge in [0, 0.05) is 25.7 Å². The van der Waals surface area contributed by atoms with Gasteiger partial charge in [0.15, 0.2) is 0 Å². The molecule has 3 N–H and O–H groups in total. The van der Waals surface area contributed by atoms with Gasteiger partial charge < -0.3 is 20.5 Å². The summed E-state index contributed by atoms with van der Waals surface area (Å²) in [6.07, 6.45) is 2.53. The summed E-state index contributed by atoms with van der Waals surface area (Å²) < 4.78 is 4.80. The average Bonchev–Trinajstić information content (AvgIpc) is 3.18. The van der Waals surface area contributed by atoms with Gasteiger partial charge in [0.05, 0.1) is 6.61 Å². The van der Waals surface area contributed by atoms with Crippen LogP contribution in [0.25, 0.3) is 0 Å². The molecule has 1 rings (SSSR count). The average molecular weight is 273 g/mol. The largest absolute Gasteiger partial charge is 0.480 e. The molecule has 1 aliphatic carbocycles. The molecule has 0 saturated heterocycles. The maximum absolute atomic E-state index is 11.4. The first-order chi connectivity index (χ1) is 9.13. The third kappa shape index (κ3) is 7.63. The summed E-state index contributed by atoms with van der Waals surface area (Å²) >= 11 is 0. The van der Waals surface area contributed by atoms with E-state index in [9.17, 15) is 9.59 Å². The van der Waals surface area contributed by atoms with E-state index in [2.05, 4.69) is 22.5 Å². The van der Waals surface area contributed by atoms with Crippen LogP contribution in [0.15, 0.2) is 0 Å². The molecule has 2 amide bonds. The van der Waals surface area contributed by atoms with Crippen LogP contribution in [0.1, 0.15) is 19.8 Å². The number of carboxylic acid groups (broad SMARTS) is 1. The quantitative estimate of drug-likeness (QED) is 0.482. The zero-order valence-electron chi connectivity index (χ0n) is 11.4. The maximum Gasteiger partial charge on any atom is 0.329 e. The maximum atomic E-state index is 11.4. The summed E-state index contributed by atoms with van der Waals surface area (Å²) in [4.78, 5) is 23.9. The Bertz CT molecular complexity index is 295. The zero-order valence-corrected chi connectivity index (χ0v) is 11.4. The molecule has 0 atom stereocenters. The third-order valence-electron chi connectivity index (χ3n) is 2.91. The normalized spacial score (nSPS) is 14.4. The monoisotopic (exact) mass is 273 g/mol. The number of carbonyl (C=O) groups is 2. The van der Waals surface area contributed by atoms with Crippen molar-refractivity contribution < 1.29 is 19.4 Å². The van der Waals surface area contributed by atoms with Crippen molar-refractivity contribution in [2.75, 3.05) is 39.4 Å². The van der Waals surface area contributed by atoms with Crippen LogP contribution in [0, 0.1) is 0 Å². The fourth-order valence-electron chi connectivity index (χ4n) is 1.81. The number of hydrogen-bond acceptors (Lipinski definition) is 4. The van der Waals surface area contributed by atoms with Crippen molar-refractivity contribution in [2.24, 2.45) is 0 Å². The zero-order chi connectivity index (χ0) is 14.1. The van der Waals surface area contributed by atoms with Gasteiger partial charge in [0.25, 0.3) is 0 Å². The molecule has 0 unspecified atom stereocenters. The van der Waals surface area contributed by atoms with Gasteiger partial charge in [-0.15, -0.1) is 0 Å². The Morgan fingerprint density at radius 1 is 1.32 bits per heavy atom. The van der Waals surface area contributed by atoms with Crippen molar-refractivity contribution >= 4 is 12.0 Å². The highest BCUT2D eigenvalue weighted by Crippen LogP contribution is 2.25. The van der Waals surface area contributed by atoms with Crippen LogP contribution in [-0.4, -0.2) is 67.4 Å². The highest BCUT2D eigenvalue weighted by atomic mass is 16.5. The minimum Gasteiger partial charge on any atom is -0.480 e. The molecule has 0 aromatic rings. The predicted octanol–water partition coefficient (Wildman–Crippen LogP) is -0.129. The van der Waals surface area contributed by atoms with Crippen molar-refractivity contribution in [3.05, 3.63) is 0 Å². The Kier molecular flexibility index (Phi) is 7.20. The van der Waals surface area contributed by atoms with Gasteiger partial charge in [0.2, 0.25) is 0 Å². The number of hydrogen-bond donors (Lipinski definition) is 3. The van der Waals surface area contributed by atoms with E-state index in [0.29, 0.717) is 19.1 Å². The number of carboxylic acids is 1. The van der Waals surface area contributed by atoms with Crippen molar-refractivity contribution in [3.63, 3.8) is 0 Å². The minimum atomic E-state index is -1.01. The van der Waals surface area contributed by atoms with Crippen LogP contribution >= 0.6 is 0 Å². The van der Waals surface area contributed by atoms with E-state index < -0.39 is 5.97 Å². The van der Waals surface area contributed by atoms with E-state index in [0.717, 1.165) is 13.1 Å². The number of amides is 2. The van der Waals surface area contributed by atoms with Crippen LogP contribution in [0.4, 0.5) is 4.79 Å². The summed E-state index contributed by atoms with van der Waals surface area (Å²) in [5.41, 5.74) is 0. The van der Waals surface area contributed by atoms with E-state index >= 15 is 0 Å². The third-order valence-corrected chi connectivity index (χ3v) is 2.91. The summed E-state index contributed by atoms with van der Waals surface area (Å²) in [7, 11) is 0. The van der Waals surface area contributed by atoms with Crippen molar-refractivity contribution in [1.29, 1.82) is 0 Å². The first-order valence-electron chi connectivity index (χ1n) is 6.68. The second-order valence-electron chi connectivity index (χ2n) is 4.49. The Labute approximate surface area is 113 Å². The number of rotatable bonds is 10. The van der Waals surface area contributed by atoms with Crippen LogP contribution in [0.3, 0.4) is 0 Å². The summed E-state index contributed by atoms with van der Waals surface area (Å²) in [6, 6.07) is 0.463. The molecule has 19 heavy (non-hydrogen) atoms. The van der Waals surface area contributed by atoms with Gasteiger partial charge >= 0.3 is 12.0 Å². The fourth-order valence-corrected chi connectivity index (χ4v) is 1.81. The van der Waals surface area contributed by atoms with Gasteiger partial charge in [-0.25, -0.2) is 9.59 Å². The molecule has 0 aromatic heterocycles. The van der Waals surface area contributed by atoms with Crippen LogP contribution in [0.5, 0.6) is 0 Å². The number of urea groups is 1. The van der Waals surface area contributed by atoms with Crippen LogP contribution < -0.4 is 10.6 Å². The van der Waals surface area contributed by atoms with Crippen molar-refractivity contribution in [2.45, 2.75) is 25.8 Å². The van der Waals surface area contributed by atoms with Crippen molar-refractivity contribution in [1.82, 2.24) is 15.5 Å². The van der Waals surface area contributed by atoms with E-state index in [1.165, 1.54) is 12.8 Å². The summed E-state index contributed by atoms with van der Waals surface area (Å²) in [6.45, 7) is 4.78. The lowest BCUT2D eigenvalue weighted by molar-refractivity contribution is -0.142. The molecule has 0 radical (unpaired) electrons. The number of ether oxygens (including phenoxy) is 1. The molecule has 0 aliphatic heterocycles. The number of aliphatic carboxylic acids is 1. The van der Waals surface area contributed by atoms with Gasteiger partial charge in [-0.2, -0.15) is 0 Å². The molecule has 7 nitrogen and oxygen atoms in total. The first-order valence-corrected chi connectivity index (χ1v) is 6.68. The Balaban J connectivity index is 1.94. The van der Waals surface area contributed by atoms with Gasteiger partial charge in [-0.3, -0.25) is 4.90 Å². The second-order valence-corrected chi connectivity index (χ2v) is 4.49. The number of carbonyl (C=O) groups excluding carboxylic acids is 1. The SMILES string of the molecule is CCN(CCNC(=O)NCCOCC(=O)O)C1CC1. The summed E-state index contributed by atoms with van der Waals surface area (Å²) in [5.74, 6) is -1.01. The Morgan fingerprint density at radius 3 is 2.58 bits per heavy atom. The molecule has 0 spiro atoms. The van der Waals surface area contributed by atoms with E-state index in [4.69, 9.17) is 9.84 Å². The standard InChI is InChI=1S/C12H23N3O4/c1-2-15(10-3-4-10)7-5-13-12(18)14-6-8-19-9-11(16)17/h10H,2-9H2,1H3,(H,16,17)(H2,13,14,18). The molecule has 0 heterocycles. The summed E-state index contributed by atoms with van der Waals surface area (Å²) in [5, 5.41) is 13.7. The van der Waals surface area contributed by atoms with Gasteiger partial charge in [0.1, 0.15) is 6.61 Å². The smallest absolute Gasteiger partial charge is 0.329 e. The first kappa shape index (κ1) is 15.7. The molecular weight excluding hydrogens is 250 g/mol. The van der Waals surface area contributed by atoms with Crippen LogP contribution in [-0.2, 0) is 9.53 Å². The van der Waals surface area contributed by atoms with E-state index in [1.807, 2.05) is 0 Å².